The van der Waals surface area contributed by atoms with Crippen molar-refractivity contribution in [2.45, 2.75) is 13.0 Å². The third-order valence-electron chi connectivity index (χ3n) is 1.98. The largest absolute Gasteiger partial charge is 0.488 e. The fourth-order valence-electron chi connectivity index (χ4n) is 1.13. The van der Waals surface area contributed by atoms with E-state index < -0.39 is 0 Å². The van der Waals surface area contributed by atoms with Crippen LogP contribution in [-0.4, -0.2) is 25.7 Å². The second-order valence-corrected chi connectivity index (χ2v) is 4.20. The van der Waals surface area contributed by atoms with Gasteiger partial charge in [-0.3, -0.25) is 4.99 Å². The van der Waals surface area contributed by atoms with Crippen LogP contribution in [-0.2, 0) is 0 Å². The molecule has 1 unspecified atom stereocenters. The molecule has 1 aromatic rings. The average molecular weight is 286 g/mol. The van der Waals surface area contributed by atoms with Crippen LogP contribution in [0.1, 0.15) is 6.92 Å². The van der Waals surface area contributed by atoms with E-state index >= 15 is 0 Å². The van der Waals surface area contributed by atoms with E-state index in [1.165, 1.54) is 0 Å². The second-order valence-electron chi connectivity index (χ2n) is 3.35. The van der Waals surface area contributed by atoms with Crippen molar-refractivity contribution in [2.24, 2.45) is 10.7 Å². The first kappa shape index (κ1) is 12.8. The van der Waals surface area contributed by atoms with E-state index in [9.17, 15) is 0 Å². The third kappa shape index (κ3) is 4.10. The van der Waals surface area contributed by atoms with Crippen LogP contribution in [0.5, 0.6) is 5.75 Å². The van der Waals surface area contributed by atoms with Crippen molar-refractivity contribution in [1.29, 1.82) is 0 Å². The predicted molar refractivity (Wildman–Crippen MR) is 69.8 cm³/mol. The SMILES string of the molecule is CN=C(N)NCC(C)Oc1ccccc1Br. The van der Waals surface area contributed by atoms with Gasteiger partial charge in [0.1, 0.15) is 11.9 Å². The molecule has 0 saturated heterocycles. The van der Waals surface area contributed by atoms with Crippen molar-refractivity contribution in [3.05, 3.63) is 28.7 Å². The summed E-state index contributed by atoms with van der Waals surface area (Å²) in [6.45, 7) is 2.58. The first-order valence-corrected chi connectivity index (χ1v) is 5.80. The number of nitrogens with zero attached hydrogens (tertiary/aromatic N) is 1. The summed E-state index contributed by atoms with van der Waals surface area (Å²) in [5.41, 5.74) is 5.52. The summed E-state index contributed by atoms with van der Waals surface area (Å²) in [6.07, 6.45) is 0.0130. The second kappa shape index (κ2) is 6.37. The number of rotatable bonds is 4. The van der Waals surface area contributed by atoms with Crippen LogP contribution >= 0.6 is 15.9 Å². The van der Waals surface area contributed by atoms with E-state index in [0.717, 1.165) is 10.2 Å². The van der Waals surface area contributed by atoms with Gasteiger partial charge in [0.05, 0.1) is 11.0 Å². The Morgan fingerprint density at radius 1 is 1.56 bits per heavy atom. The molecule has 0 radical (unpaired) electrons. The summed E-state index contributed by atoms with van der Waals surface area (Å²) in [7, 11) is 1.64. The quantitative estimate of drug-likeness (QED) is 0.655. The number of nitrogens with two attached hydrogens (primary N) is 1. The fourth-order valence-corrected chi connectivity index (χ4v) is 1.50. The molecule has 0 spiro atoms. The van der Waals surface area contributed by atoms with E-state index in [1.807, 2.05) is 31.2 Å². The Hall–Kier alpha value is -1.23. The molecule has 0 aliphatic rings. The minimum atomic E-state index is 0.0130. The minimum Gasteiger partial charge on any atom is -0.488 e. The van der Waals surface area contributed by atoms with Gasteiger partial charge in [0.25, 0.3) is 0 Å². The number of hydrogen-bond donors (Lipinski definition) is 2. The number of aliphatic imine (C=N–C) groups is 1. The lowest BCUT2D eigenvalue weighted by molar-refractivity contribution is 0.222. The molecule has 0 fully saturated rings. The van der Waals surface area contributed by atoms with Gasteiger partial charge in [-0.05, 0) is 35.0 Å². The number of nitrogens with one attached hydrogen (secondary N) is 1. The van der Waals surface area contributed by atoms with Crippen LogP contribution in [0.2, 0.25) is 0 Å². The van der Waals surface area contributed by atoms with Gasteiger partial charge >= 0.3 is 0 Å². The molecule has 3 N–H and O–H groups in total. The number of benzene rings is 1. The Balaban J connectivity index is 2.46. The Morgan fingerprint density at radius 3 is 2.88 bits per heavy atom. The number of para-hydroxylation sites is 1. The maximum absolute atomic E-state index is 5.72. The summed E-state index contributed by atoms with van der Waals surface area (Å²) in [6, 6.07) is 7.74. The fraction of sp³-hybridized carbons (Fsp3) is 0.364. The highest BCUT2D eigenvalue weighted by molar-refractivity contribution is 9.10. The van der Waals surface area contributed by atoms with Gasteiger partial charge in [-0.1, -0.05) is 12.1 Å². The smallest absolute Gasteiger partial charge is 0.188 e. The molecular weight excluding hydrogens is 270 g/mol. The van der Waals surface area contributed by atoms with Crippen molar-refractivity contribution >= 4 is 21.9 Å². The Labute approximate surface area is 104 Å². The third-order valence-corrected chi connectivity index (χ3v) is 2.63. The highest BCUT2D eigenvalue weighted by Gasteiger charge is 2.06. The van der Waals surface area contributed by atoms with Gasteiger partial charge in [0.2, 0.25) is 0 Å². The lowest BCUT2D eigenvalue weighted by Crippen LogP contribution is -2.38. The van der Waals surface area contributed by atoms with E-state index in [1.54, 1.807) is 7.05 Å². The van der Waals surface area contributed by atoms with Gasteiger partial charge in [0, 0.05) is 7.05 Å². The molecule has 1 aromatic carbocycles. The molecule has 0 aromatic heterocycles. The molecular formula is C11H16BrN3O. The van der Waals surface area contributed by atoms with Crippen molar-refractivity contribution in [3.63, 3.8) is 0 Å². The summed E-state index contributed by atoms with van der Waals surface area (Å²) in [4.78, 5) is 3.80. The summed E-state index contributed by atoms with van der Waals surface area (Å²) in [5.74, 6) is 1.24. The highest BCUT2D eigenvalue weighted by atomic mass is 79.9. The minimum absolute atomic E-state index is 0.0130. The molecule has 16 heavy (non-hydrogen) atoms. The zero-order valence-corrected chi connectivity index (χ0v) is 11.0. The van der Waals surface area contributed by atoms with Crippen molar-refractivity contribution in [2.75, 3.05) is 13.6 Å². The molecule has 4 nitrogen and oxygen atoms in total. The molecule has 5 heteroatoms. The van der Waals surface area contributed by atoms with Crippen LogP contribution in [0.25, 0.3) is 0 Å². The van der Waals surface area contributed by atoms with Crippen LogP contribution < -0.4 is 15.8 Å². The molecule has 0 aliphatic carbocycles. The first-order valence-electron chi connectivity index (χ1n) is 5.00. The van der Waals surface area contributed by atoms with E-state index in [-0.39, 0.29) is 6.10 Å². The highest BCUT2D eigenvalue weighted by Crippen LogP contribution is 2.24. The van der Waals surface area contributed by atoms with Crippen LogP contribution in [0, 0.1) is 0 Å². The van der Waals surface area contributed by atoms with Crippen LogP contribution in [0.15, 0.2) is 33.7 Å². The summed E-state index contributed by atoms with van der Waals surface area (Å²) >= 11 is 3.42. The molecule has 0 saturated carbocycles. The molecule has 1 atom stereocenters. The topological polar surface area (TPSA) is 59.6 Å². The van der Waals surface area contributed by atoms with Gasteiger partial charge < -0.3 is 15.8 Å². The number of hydrogen-bond acceptors (Lipinski definition) is 2. The molecule has 0 aliphatic heterocycles. The number of ether oxygens (including phenoxy) is 1. The summed E-state index contributed by atoms with van der Waals surface area (Å²) < 4.78 is 6.66. The Kier molecular flexibility index (Phi) is 5.11. The molecule has 0 bridgehead atoms. The van der Waals surface area contributed by atoms with Gasteiger partial charge in [-0.25, -0.2) is 0 Å². The standard InChI is InChI=1S/C11H16BrN3O/c1-8(7-15-11(13)14-2)16-10-6-4-3-5-9(10)12/h3-6,8H,7H2,1-2H3,(H3,13,14,15). The van der Waals surface area contributed by atoms with Crippen molar-refractivity contribution in [3.8, 4) is 5.75 Å². The maximum Gasteiger partial charge on any atom is 0.188 e. The van der Waals surface area contributed by atoms with Gasteiger partial charge in [0.15, 0.2) is 5.96 Å². The predicted octanol–water partition coefficient (Wildman–Crippen LogP) is 1.75. The van der Waals surface area contributed by atoms with Crippen molar-refractivity contribution in [1.82, 2.24) is 5.32 Å². The average Bonchev–Trinajstić information content (AvgIpc) is 2.29. The van der Waals surface area contributed by atoms with Crippen molar-refractivity contribution < 1.29 is 4.74 Å². The number of guanidine groups is 1. The van der Waals surface area contributed by atoms with E-state index in [2.05, 4.69) is 26.2 Å². The van der Waals surface area contributed by atoms with Crippen LogP contribution in [0.4, 0.5) is 0 Å². The summed E-state index contributed by atoms with van der Waals surface area (Å²) in [5, 5.41) is 2.96. The zero-order chi connectivity index (χ0) is 12.0. The number of halogens is 1. The Bertz CT molecular complexity index is 368. The normalized spacial score (nSPS) is 13.3. The zero-order valence-electron chi connectivity index (χ0n) is 9.40. The molecule has 88 valence electrons. The lowest BCUT2D eigenvalue weighted by Gasteiger charge is -2.16. The van der Waals surface area contributed by atoms with Gasteiger partial charge in [-0.15, -0.1) is 0 Å². The first-order chi connectivity index (χ1) is 7.63. The maximum atomic E-state index is 5.72. The monoisotopic (exact) mass is 285 g/mol. The van der Waals surface area contributed by atoms with E-state index in [4.69, 9.17) is 10.5 Å². The molecule has 0 amide bonds. The van der Waals surface area contributed by atoms with Crippen LogP contribution in [0.3, 0.4) is 0 Å². The van der Waals surface area contributed by atoms with E-state index in [0.29, 0.717) is 12.5 Å². The van der Waals surface area contributed by atoms with Gasteiger partial charge in [-0.2, -0.15) is 0 Å². The molecule has 1 rings (SSSR count). The lowest BCUT2D eigenvalue weighted by atomic mass is 10.3. The molecule has 0 heterocycles. The Morgan fingerprint density at radius 2 is 2.25 bits per heavy atom.